The van der Waals surface area contributed by atoms with Crippen molar-refractivity contribution in [2.45, 2.75) is 90.6 Å². The molecular formula is C43H51ClN8O4S. The Hall–Kier alpha value is -4.72. The lowest BCUT2D eigenvalue weighted by molar-refractivity contribution is -0.134. The summed E-state index contributed by atoms with van der Waals surface area (Å²) in [6.45, 7) is 11.6. The van der Waals surface area contributed by atoms with E-state index in [4.69, 9.17) is 16.6 Å². The molecule has 2 atom stereocenters. The van der Waals surface area contributed by atoms with Gasteiger partial charge in [0.25, 0.3) is 0 Å². The number of hydrogen-bond acceptors (Lipinski definition) is 10. The van der Waals surface area contributed by atoms with Gasteiger partial charge < -0.3 is 15.5 Å². The van der Waals surface area contributed by atoms with Crippen LogP contribution in [0.2, 0.25) is 5.02 Å². The van der Waals surface area contributed by atoms with Crippen molar-refractivity contribution in [3.8, 4) is 5.00 Å². The minimum atomic E-state index is -0.555. The number of fused-ring (bicyclic) bond motifs is 3. The van der Waals surface area contributed by atoms with E-state index >= 15 is 0 Å². The van der Waals surface area contributed by atoms with Crippen molar-refractivity contribution in [1.82, 2.24) is 30.3 Å². The third kappa shape index (κ3) is 9.70. The number of anilines is 1. The van der Waals surface area contributed by atoms with Crippen molar-refractivity contribution >= 4 is 57.7 Å². The van der Waals surface area contributed by atoms with Crippen molar-refractivity contribution in [2.75, 3.05) is 44.2 Å². The lowest BCUT2D eigenvalue weighted by atomic mass is 9.93. The molecule has 0 radical (unpaired) electrons. The summed E-state index contributed by atoms with van der Waals surface area (Å²) in [7, 11) is 0. The average molecular weight is 811 g/mol. The molecule has 0 spiro atoms. The van der Waals surface area contributed by atoms with Crippen LogP contribution in [0.5, 0.6) is 0 Å². The Morgan fingerprint density at radius 3 is 2.47 bits per heavy atom. The summed E-state index contributed by atoms with van der Waals surface area (Å²) in [6, 6.07) is 14.7. The summed E-state index contributed by atoms with van der Waals surface area (Å²) in [6.07, 6.45) is 5.21. The van der Waals surface area contributed by atoms with Gasteiger partial charge in [-0.05, 0) is 82.0 Å². The predicted octanol–water partition coefficient (Wildman–Crippen LogP) is 6.04. The van der Waals surface area contributed by atoms with Gasteiger partial charge in [-0.15, -0.1) is 21.5 Å². The fourth-order valence-corrected chi connectivity index (χ4v) is 9.31. The van der Waals surface area contributed by atoms with Crippen molar-refractivity contribution < 1.29 is 19.2 Å². The summed E-state index contributed by atoms with van der Waals surface area (Å²) in [5.41, 5.74) is 6.02. The second kappa shape index (κ2) is 18.3. The molecule has 1 saturated carbocycles. The molecule has 14 heteroatoms. The van der Waals surface area contributed by atoms with Crippen LogP contribution in [0.4, 0.5) is 5.69 Å². The van der Waals surface area contributed by atoms with Gasteiger partial charge in [0.05, 0.1) is 31.0 Å². The van der Waals surface area contributed by atoms with Gasteiger partial charge in [-0.1, -0.05) is 48.7 Å². The highest BCUT2D eigenvalue weighted by Crippen LogP contribution is 2.39. The molecule has 2 aliphatic heterocycles. The van der Waals surface area contributed by atoms with Gasteiger partial charge in [0.15, 0.2) is 11.6 Å². The fraction of sp³-hybridized carbons (Fsp3) is 0.465. The molecule has 1 unspecified atom stereocenters. The van der Waals surface area contributed by atoms with E-state index in [9.17, 15) is 19.2 Å². The maximum atomic E-state index is 13.3. The van der Waals surface area contributed by atoms with E-state index in [2.05, 4.69) is 61.2 Å². The van der Waals surface area contributed by atoms with E-state index in [0.29, 0.717) is 30.2 Å². The molecule has 1 aliphatic carbocycles. The number of nitrogens with zero attached hydrogens (tertiary/aromatic N) is 6. The predicted molar refractivity (Wildman–Crippen MR) is 224 cm³/mol. The average Bonchev–Trinajstić information content (AvgIpc) is 3.67. The maximum absolute atomic E-state index is 13.3. The number of aromatic nitrogens is 3. The van der Waals surface area contributed by atoms with Crippen LogP contribution in [0.25, 0.3) is 5.00 Å². The Balaban J connectivity index is 0.831. The van der Waals surface area contributed by atoms with Gasteiger partial charge in [-0.3, -0.25) is 33.6 Å². The number of carbonyl (C=O) groups is 4. The van der Waals surface area contributed by atoms with E-state index in [1.807, 2.05) is 43.3 Å². The van der Waals surface area contributed by atoms with Crippen molar-refractivity contribution in [2.24, 2.45) is 4.99 Å². The van der Waals surface area contributed by atoms with Crippen LogP contribution in [-0.4, -0.2) is 94.1 Å². The van der Waals surface area contributed by atoms with Gasteiger partial charge in [0.1, 0.15) is 22.7 Å². The second-order valence-electron chi connectivity index (χ2n) is 15.4. The number of carbonyl (C=O) groups excluding carboxylic acids is 4. The summed E-state index contributed by atoms with van der Waals surface area (Å²) in [5.74, 6) is 0.968. The first-order valence-electron chi connectivity index (χ1n) is 20.1. The number of Topliss-reactive ketones (excluding diaryl/α,β-unsaturated/α-hetero) is 2. The Bertz CT molecular complexity index is 2150. The molecule has 2 fully saturated rings. The smallest absolute Gasteiger partial charge is 0.225 e. The Kier molecular flexibility index (Phi) is 13.0. The molecule has 7 rings (SSSR count). The number of aryl methyl sites for hydroxylation is 2. The summed E-state index contributed by atoms with van der Waals surface area (Å²) in [4.78, 5) is 61.0. The molecule has 4 aromatic rings. The molecule has 1 saturated heterocycles. The summed E-state index contributed by atoms with van der Waals surface area (Å²) < 4.78 is 2.07. The fourth-order valence-electron chi connectivity index (χ4n) is 7.97. The summed E-state index contributed by atoms with van der Waals surface area (Å²) in [5, 5.41) is 16.6. The molecule has 4 heterocycles. The topological polar surface area (TPSA) is 142 Å². The first-order valence-corrected chi connectivity index (χ1v) is 21.3. The van der Waals surface area contributed by atoms with Crippen LogP contribution in [-0.2, 0) is 25.6 Å². The monoisotopic (exact) mass is 810 g/mol. The van der Waals surface area contributed by atoms with Crippen LogP contribution in [0, 0.1) is 20.8 Å². The van der Waals surface area contributed by atoms with Crippen LogP contribution in [0.3, 0.4) is 0 Å². The minimum Gasteiger partial charge on any atom is -0.369 e. The highest BCUT2D eigenvalue weighted by Gasteiger charge is 2.33. The largest absolute Gasteiger partial charge is 0.369 e. The normalized spacial score (nSPS) is 18.5. The van der Waals surface area contributed by atoms with Crippen LogP contribution >= 0.6 is 22.9 Å². The number of halogens is 1. The van der Waals surface area contributed by atoms with E-state index < -0.39 is 12.1 Å². The quantitative estimate of drug-likeness (QED) is 0.116. The van der Waals surface area contributed by atoms with Gasteiger partial charge >= 0.3 is 0 Å². The van der Waals surface area contributed by atoms with Gasteiger partial charge in [-0.2, -0.15) is 0 Å². The number of aliphatic imine (C=N–C) groups is 1. The van der Waals surface area contributed by atoms with E-state index in [1.165, 1.54) is 4.88 Å². The lowest BCUT2D eigenvalue weighted by Gasteiger charge is -2.36. The second-order valence-corrected chi connectivity index (χ2v) is 17.0. The molecular weight excluding hydrogens is 760 g/mol. The highest BCUT2D eigenvalue weighted by atomic mass is 35.5. The molecule has 57 heavy (non-hydrogen) atoms. The van der Waals surface area contributed by atoms with Gasteiger partial charge in [-0.25, -0.2) is 0 Å². The lowest BCUT2D eigenvalue weighted by Crippen LogP contribution is -2.46. The number of piperazine rings is 1. The Morgan fingerprint density at radius 2 is 1.70 bits per heavy atom. The third-order valence-electron chi connectivity index (χ3n) is 11.3. The zero-order chi connectivity index (χ0) is 40.1. The van der Waals surface area contributed by atoms with Crippen molar-refractivity contribution in [3.63, 3.8) is 0 Å². The molecule has 2 amide bonds. The standard InChI is InChI=1S/C43H51ClN8O4S/c1-27-28(2)57-43-40(27)41(31-11-13-32(44)14-12-31)47-36(42-49-48-29(3)52(42)43)26-38(55)45-17-6-4-5-7-18-50-19-21-51(22-20-50)33-10-8-9-30(23-33)24-39(56)46-35-16-15-34(53)25-37(35)54/h8-14,23,35-36H,4-7,15-22,24-26H2,1-3H3,(H,45,55)(H,46,56)/t35?,36-/m0/s1. The van der Waals surface area contributed by atoms with E-state index in [0.717, 1.165) is 103 Å². The van der Waals surface area contributed by atoms with Crippen molar-refractivity contribution in [1.29, 1.82) is 0 Å². The number of unbranched alkanes of at least 4 members (excludes halogenated alkanes) is 3. The number of rotatable bonds is 14. The molecule has 2 aromatic heterocycles. The molecule has 3 aliphatic rings. The van der Waals surface area contributed by atoms with Crippen LogP contribution in [0.15, 0.2) is 53.5 Å². The third-order valence-corrected chi connectivity index (χ3v) is 12.7. The molecule has 300 valence electrons. The number of thiophene rings is 1. The van der Waals surface area contributed by atoms with E-state index in [-0.39, 0.29) is 42.6 Å². The molecule has 2 N–H and O–H groups in total. The number of ketones is 2. The zero-order valence-electron chi connectivity index (χ0n) is 33.0. The number of amides is 2. The van der Waals surface area contributed by atoms with Crippen LogP contribution in [0.1, 0.15) is 96.2 Å². The Morgan fingerprint density at radius 1 is 0.930 bits per heavy atom. The van der Waals surface area contributed by atoms with Crippen molar-refractivity contribution in [3.05, 3.63) is 92.3 Å². The summed E-state index contributed by atoms with van der Waals surface area (Å²) >= 11 is 7.94. The van der Waals surface area contributed by atoms with Gasteiger partial charge in [0, 0.05) is 65.9 Å². The van der Waals surface area contributed by atoms with Crippen LogP contribution < -0.4 is 15.5 Å². The zero-order valence-corrected chi connectivity index (χ0v) is 34.6. The maximum Gasteiger partial charge on any atom is 0.225 e. The minimum absolute atomic E-state index is 0.0501. The first-order chi connectivity index (χ1) is 27.5. The van der Waals surface area contributed by atoms with Gasteiger partial charge in [0.2, 0.25) is 11.8 Å². The number of nitrogens with one attached hydrogen (secondary N) is 2. The molecule has 0 bridgehead atoms. The number of benzene rings is 2. The molecule has 2 aromatic carbocycles. The highest BCUT2D eigenvalue weighted by molar-refractivity contribution is 7.15. The SMILES string of the molecule is Cc1sc2c(c1C)C(c1ccc(Cl)cc1)=N[C@@H](CC(=O)NCCCCCCN1CCN(c3cccc(CC(=O)NC4CCC(=O)CC4=O)c3)CC1)c1nnc(C)n1-2. The number of hydrogen-bond donors (Lipinski definition) is 2. The first kappa shape index (κ1) is 40.5. The van der Waals surface area contributed by atoms with E-state index in [1.54, 1.807) is 11.3 Å². The Labute approximate surface area is 343 Å². The molecule has 12 nitrogen and oxygen atoms in total.